The number of para-hydroxylation sites is 1. The largest absolute Gasteiger partial charge is 0.483 e. The maximum absolute atomic E-state index is 11.7. The van der Waals surface area contributed by atoms with Crippen LogP contribution in [0.3, 0.4) is 0 Å². The molecule has 1 aromatic carbocycles. The number of fused-ring (bicyclic) bond motifs is 1. The average molecular weight is 304 g/mol. The van der Waals surface area contributed by atoms with E-state index in [0.29, 0.717) is 18.7 Å². The summed E-state index contributed by atoms with van der Waals surface area (Å²) in [6.07, 6.45) is 0.426. The van der Waals surface area contributed by atoms with Crippen LogP contribution in [0.5, 0.6) is 5.75 Å². The van der Waals surface area contributed by atoms with Crippen molar-refractivity contribution in [1.29, 1.82) is 0 Å². The van der Waals surface area contributed by atoms with Gasteiger partial charge in [-0.05, 0) is 13.0 Å². The topological polar surface area (TPSA) is 74.4 Å². The zero-order chi connectivity index (χ0) is 14.8. The first-order valence-electron chi connectivity index (χ1n) is 6.82. The van der Waals surface area contributed by atoms with E-state index in [4.69, 9.17) is 15.2 Å². The van der Waals surface area contributed by atoms with Gasteiger partial charge >= 0.3 is 5.97 Å². The Hall–Kier alpha value is -1.92. The van der Waals surface area contributed by atoms with E-state index in [2.05, 4.69) is 4.98 Å². The number of aromatic nitrogens is 1. The lowest BCUT2D eigenvalue weighted by molar-refractivity contribution is 0.0519. The van der Waals surface area contributed by atoms with Crippen LogP contribution >= 0.6 is 11.3 Å². The van der Waals surface area contributed by atoms with Crippen LogP contribution in [0, 0.1) is 0 Å². The van der Waals surface area contributed by atoms with Gasteiger partial charge in [-0.15, -0.1) is 11.3 Å². The molecule has 1 aliphatic rings. The summed E-state index contributed by atoms with van der Waals surface area (Å²) in [7, 11) is 0. The average Bonchev–Trinajstić information content (AvgIpc) is 2.97. The fourth-order valence-electron chi connectivity index (χ4n) is 2.34. The van der Waals surface area contributed by atoms with Crippen molar-refractivity contribution in [2.75, 3.05) is 6.61 Å². The molecule has 0 aliphatic carbocycles. The minimum atomic E-state index is -0.402. The molecule has 2 heterocycles. The van der Waals surface area contributed by atoms with Crippen LogP contribution in [0.15, 0.2) is 29.6 Å². The van der Waals surface area contributed by atoms with Crippen LogP contribution in [0.4, 0.5) is 0 Å². The van der Waals surface area contributed by atoms with E-state index in [1.807, 2.05) is 24.3 Å². The van der Waals surface area contributed by atoms with Gasteiger partial charge < -0.3 is 15.2 Å². The molecule has 0 unspecified atom stereocenters. The van der Waals surface area contributed by atoms with Crippen molar-refractivity contribution in [3.05, 3.63) is 45.9 Å². The van der Waals surface area contributed by atoms with Crippen LogP contribution in [-0.2, 0) is 4.74 Å². The summed E-state index contributed by atoms with van der Waals surface area (Å²) in [6.45, 7) is 2.11. The lowest BCUT2D eigenvalue weighted by atomic mass is 9.97. The maximum atomic E-state index is 11.7. The highest BCUT2D eigenvalue weighted by atomic mass is 32.1. The molecule has 2 atom stereocenters. The molecule has 0 spiro atoms. The Kier molecular flexibility index (Phi) is 3.90. The summed E-state index contributed by atoms with van der Waals surface area (Å²) in [5, 5.41) is 2.45. The SMILES string of the molecule is CCOC(=O)c1csc([C@H]2C[C@@H](N)c3ccccc3O2)n1. The second kappa shape index (κ2) is 5.83. The Morgan fingerprint density at radius 1 is 1.52 bits per heavy atom. The molecule has 3 rings (SSSR count). The summed E-state index contributed by atoms with van der Waals surface area (Å²) < 4.78 is 10.9. The van der Waals surface area contributed by atoms with Crippen LogP contribution in [0.1, 0.15) is 46.5 Å². The highest BCUT2D eigenvalue weighted by molar-refractivity contribution is 7.09. The lowest BCUT2D eigenvalue weighted by Crippen LogP contribution is -2.24. The van der Waals surface area contributed by atoms with Crippen molar-refractivity contribution in [3.63, 3.8) is 0 Å². The van der Waals surface area contributed by atoms with Crippen molar-refractivity contribution >= 4 is 17.3 Å². The third-order valence-corrected chi connectivity index (χ3v) is 4.27. The van der Waals surface area contributed by atoms with E-state index < -0.39 is 5.97 Å². The van der Waals surface area contributed by atoms with Crippen LogP contribution in [-0.4, -0.2) is 17.6 Å². The number of ether oxygens (including phenoxy) is 2. The molecule has 0 amide bonds. The molecule has 2 N–H and O–H groups in total. The first-order chi connectivity index (χ1) is 10.2. The standard InChI is InChI=1S/C15H16N2O3S/c1-2-19-15(18)11-8-21-14(17-11)13-7-10(16)9-5-3-4-6-12(9)20-13/h3-6,8,10,13H,2,7,16H2,1H3/t10-,13-/m1/s1. The smallest absolute Gasteiger partial charge is 0.357 e. The first-order valence-corrected chi connectivity index (χ1v) is 7.70. The van der Waals surface area contributed by atoms with Crippen molar-refractivity contribution in [2.45, 2.75) is 25.5 Å². The van der Waals surface area contributed by atoms with Gasteiger partial charge in [-0.25, -0.2) is 9.78 Å². The summed E-state index contributed by atoms with van der Waals surface area (Å²) in [5.74, 6) is 0.384. The summed E-state index contributed by atoms with van der Waals surface area (Å²) in [4.78, 5) is 16.0. The number of nitrogens with two attached hydrogens (primary N) is 1. The maximum Gasteiger partial charge on any atom is 0.357 e. The predicted molar refractivity (Wildman–Crippen MR) is 79.4 cm³/mol. The minimum Gasteiger partial charge on any atom is -0.483 e. The fraction of sp³-hybridized carbons (Fsp3) is 0.333. The van der Waals surface area contributed by atoms with E-state index >= 15 is 0 Å². The number of hydrogen-bond acceptors (Lipinski definition) is 6. The minimum absolute atomic E-state index is 0.0881. The quantitative estimate of drug-likeness (QED) is 0.883. The second-order valence-corrected chi connectivity index (χ2v) is 5.67. The second-order valence-electron chi connectivity index (χ2n) is 4.78. The third kappa shape index (κ3) is 2.77. The number of rotatable bonds is 3. The number of benzene rings is 1. The molecule has 0 saturated heterocycles. The summed E-state index contributed by atoms with van der Waals surface area (Å²) in [6, 6.07) is 7.66. The molecule has 0 saturated carbocycles. The van der Waals surface area contributed by atoms with Crippen LogP contribution < -0.4 is 10.5 Å². The highest BCUT2D eigenvalue weighted by Gasteiger charge is 2.29. The number of nitrogens with zero attached hydrogens (tertiary/aromatic N) is 1. The fourth-order valence-corrected chi connectivity index (χ4v) is 3.17. The van der Waals surface area contributed by atoms with Gasteiger partial charge in [-0.1, -0.05) is 18.2 Å². The normalized spacial score (nSPS) is 20.5. The first kappa shape index (κ1) is 14.0. The molecule has 0 radical (unpaired) electrons. The molecule has 2 aromatic rings. The molecule has 1 aliphatic heterocycles. The van der Waals surface area contributed by atoms with Crippen molar-refractivity contribution in [1.82, 2.24) is 4.98 Å². The van der Waals surface area contributed by atoms with Gasteiger partial charge in [-0.2, -0.15) is 0 Å². The van der Waals surface area contributed by atoms with Crippen molar-refractivity contribution < 1.29 is 14.3 Å². The van der Waals surface area contributed by atoms with E-state index in [0.717, 1.165) is 16.3 Å². The van der Waals surface area contributed by atoms with Crippen LogP contribution in [0.25, 0.3) is 0 Å². The molecular formula is C15H16N2O3S. The number of thiazole rings is 1. The monoisotopic (exact) mass is 304 g/mol. The van der Waals surface area contributed by atoms with Gasteiger partial charge in [0.25, 0.3) is 0 Å². The molecule has 0 bridgehead atoms. The molecule has 21 heavy (non-hydrogen) atoms. The predicted octanol–water partition coefficient (Wildman–Crippen LogP) is 2.84. The van der Waals surface area contributed by atoms with Crippen molar-refractivity contribution in [2.24, 2.45) is 5.73 Å². The molecule has 1 aromatic heterocycles. The Morgan fingerprint density at radius 3 is 3.14 bits per heavy atom. The van der Waals surface area contributed by atoms with Gasteiger partial charge in [0.2, 0.25) is 0 Å². The molecule has 0 fully saturated rings. The Balaban J connectivity index is 1.81. The molecular weight excluding hydrogens is 288 g/mol. The van der Waals surface area contributed by atoms with Gasteiger partial charge in [-0.3, -0.25) is 0 Å². The molecule has 6 heteroatoms. The Labute approximate surface area is 126 Å². The lowest BCUT2D eigenvalue weighted by Gasteiger charge is -2.28. The van der Waals surface area contributed by atoms with E-state index in [1.54, 1.807) is 12.3 Å². The molecule has 110 valence electrons. The zero-order valence-electron chi connectivity index (χ0n) is 11.6. The van der Waals surface area contributed by atoms with Crippen LogP contribution in [0.2, 0.25) is 0 Å². The van der Waals surface area contributed by atoms with Gasteiger partial charge in [0, 0.05) is 23.4 Å². The highest BCUT2D eigenvalue weighted by Crippen LogP contribution is 2.40. The Morgan fingerprint density at radius 2 is 2.33 bits per heavy atom. The van der Waals surface area contributed by atoms with Crippen molar-refractivity contribution in [3.8, 4) is 5.75 Å². The summed E-state index contributed by atoms with van der Waals surface area (Å²) >= 11 is 1.39. The Bertz CT molecular complexity index is 656. The van der Waals surface area contributed by atoms with Gasteiger partial charge in [0.1, 0.15) is 10.8 Å². The molecule has 5 nitrogen and oxygen atoms in total. The van der Waals surface area contributed by atoms with E-state index in [1.165, 1.54) is 11.3 Å². The summed E-state index contributed by atoms with van der Waals surface area (Å²) in [5.41, 5.74) is 7.53. The van der Waals surface area contributed by atoms with E-state index in [9.17, 15) is 4.79 Å². The van der Waals surface area contributed by atoms with E-state index in [-0.39, 0.29) is 12.1 Å². The zero-order valence-corrected chi connectivity index (χ0v) is 12.4. The van der Waals surface area contributed by atoms with Gasteiger partial charge in [0.05, 0.1) is 6.61 Å². The number of carbonyl (C=O) groups excluding carboxylic acids is 1. The number of hydrogen-bond donors (Lipinski definition) is 1. The number of carbonyl (C=O) groups is 1. The third-order valence-electron chi connectivity index (χ3n) is 3.34. The van der Waals surface area contributed by atoms with Gasteiger partial charge in [0.15, 0.2) is 11.8 Å². The number of esters is 1.